The molecule has 0 radical (unpaired) electrons. The van der Waals surface area contributed by atoms with Gasteiger partial charge in [0.15, 0.2) is 17.5 Å². The van der Waals surface area contributed by atoms with Crippen LogP contribution in [-0.4, -0.2) is 9.78 Å². The van der Waals surface area contributed by atoms with Gasteiger partial charge >= 0.3 is 0 Å². The van der Waals surface area contributed by atoms with Gasteiger partial charge in [-0.25, -0.2) is 17.9 Å². The topological polar surface area (TPSA) is 43.8 Å². The Kier molecular flexibility index (Phi) is 2.73. The van der Waals surface area contributed by atoms with Gasteiger partial charge in [-0.3, -0.25) is 0 Å². The molecule has 1 aromatic heterocycles. The predicted molar refractivity (Wildman–Crippen MR) is 64.5 cm³/mol. The average molecular weight is 267 g/mol. The summed E-state index contributed by atoms with van der Waals surface area (Å²) in [7, 11) is 0. The molecule has 1 aliphatic rings. The van der Waals surface area contributed by atoms with E-state index >= 15 is 0 Å². The monoisotopic (exact) mass is 267 g/mol. The quantitative estimate of drug-likeness (QED) is 0.807. The van der Waals surface area contributed by atoms with Crippen LogP contribution < -0.4 is 5.73 Å². The van der Waals surface area contributed by atoms with Crippen molar-refractivity contribution in [3.8, 4) is 5.69 Å². The maximum absolute atomic E-state index is 13.2. The van der Waals surface area contributed by atoms with Crippen LogP contribution in [0, 0.1) is 17.5 Å². The molecule has 0 saturated carbocycles. The summed E-state index contributed by atoms with van der Waals surface area (Å²) in [6, 6.07) is 1.79. The second-order valence-electron chi connectivity index (χ2n) is 4.65. The molecule has 1 aromatic carbocycles. The molecule has 2 aromatic rings. The number of hydrogen-bond donors (Lipinski definition) is 1. The van der Waals surface area contributed by atoms with Crippen molar-refractivity contribution in [3.63, 3.8) is 0 Å². The summed E-state index contributed by atoms with van der Waals surface area (Å²) in [5.41, 5.74) is 7.84. The molecule has 19 heavy (non-hydrogen) atoms. The Balaban J connectivity index is 2.15. The molecule has 6 heteroatoms. The van der Waals surface area contributed by atoms with Crippen LogP contribution in [0.25, 0.3) is 5.69 Å². The highest BCUT2D eigenvalue weighted by molar-refractivity contribution is 5.51. The SMILES string of the molecule is Nc1c2c(nn1-c1cc(F)c(F)c(F)c1)CCCC2. The second-order valence-corrected chi connectivity index (χ2v) is 4.65. The number of nitrogen functional groups attached to an aromatic ring is 1. The number of aryl methyl sites for hydroxylation is 1. The fraction of sp³-hybridized carbons (Fsp3) is 0.308. The first kappa shape index (κ1) is 12.1. The molecule has 0 unspecified atom stereocenters. The molecule has 3 rings (SSSR count). The first-order chi connectivity index (χ1) is 9.08. The standard InChI is InChI=1S/C13H12F3N3/c14-9-5-7(6-10(15)12(9)16)19-13(17)8-3-1-2-4-11(8)18-19/h5-6H,1-4,17H2. The highest BCUT2D eigenvalue weighted by Crippen LogP contribution is 2.28. The Hall–Kier alpha value is -1.98. The zero-order valence-electron chi connectivity index (χ0n) is 10.1. The molecule has 0 aliphatic heterocycles. The summed E-state index contributed by atoms with van der Waals surface area (Å²) in [6.07, 6.45) is 3.66. The van der Waals surface area contributed by atoms with Crippen molar-refractivity contribution in [2.45, 2.75) is 25.7 Å². The van der Waals surface area contributed by atoms with Gasteiger partial charge in [0.25, 0.3) is 0 Å². The molecular formula is C13H12F3N3. The van der Waals surface area contributed by atoms with Crippen molar-refractivity contribution in [1.82, 2.24) is 9.78 Å². The van der Waals surface area contributed by atoms with Crippen molar-refractivity contribution in [2.75, 3.05) is 5.73 Å². The molecule has 0 fully saturated rings. The van der Waals surface area contributed by atoms with Crippen molar-refractivity contribution < 1.29 is 13.2 Å². The van der Waals surface area contributed by atoms with E-state index in [9.17, 15) is 13.2 Å². The van der Waals surface area contributed by atoms with E-state index in [1.807, 2.05) is 0 Å². The molecule has 0 bridgehead atoms. The van der Waals surface area contributed by atoms with Gasteiger partial charge in [-0.15, -0.1) is 0 Å². The Bertz CT molecular complexity index is 626. The molecule has 100 valence electrons. The van der Waals surface area contributed by atoms with E-state index in [0.717, 1.165) is 49.1 Å². The molecule has 0 amide bonds. The molecule has 0 saturated heterocycles. The van der Waals surface area contributed by atoms with Gasteiger partial charge in [-0.05, 0) is 25.7 Å². The Morgan fingerprint density at radius 1 is 1.05 bits per heavy atom. The summed E-state index contributed by atoms with van der Waals surface area (Å²) in [5.74, 6) is -3.61. The maximum atomic E-state index is 13.2. The molecule has 3 nitrogen and oxygen atoms in total. The summed E-state index contributed by atoms with van der Waals surface area (Å²) in [5, 5.41) is 4.27. The number of nitrogens with two attached hydrogens (primary N) is 1. The van der Waals surface area contributed by atoms with E-state index in [-0.39, 0.29) is 5.69 Å². The number of nitrogens with zero attached hydrogens (tertiary/aromatic N) is 2. The van der Waals surface area contributed by atoms with E-state index in [0.29, 0.717) is 5.82 Å². The lowest BCUT2D eigenvalue weighted by Gasteiger charge is -2.08. The van der Waals surface area contributed by atoms with Crippen molar-refractivity contribution >= 4 is 5.82 Å². The zero-order valence-corrected chi connectivity index (χ0v) is 10.1. The van der Waals surface area contributed by atoms with Gasteiger partial charge in [0.05, 0.1) is 11.4 Å². The van der Waals surface area contributed by atoms with Crippen LogP contribution in [0.2, 0.25) is 0 Å². The predicted octanol–water partition coefficient (Wildman–Crippen LogP) is 2.75. The second kappa shape index (κ2) is 4.29. The van der Waals surface area contributed by atoms with Gasteiger partial charge in [-0.2, -0.15) is 5.10 Å². The van der Waals surface area contributed by atoms with Crippen molar-refractivity contribution in [2.24, 2.45) is 0 Å². The van der Waals surface area contributed by atoms with Crippen LogP contribution in [0.4, 0.5) is 19.0 Å². The number of anilines is 1. The van der Waals surface area contributed by atoms with Crippen LogP contribution in [0.5, 0.6) is 0 Å². The van der Waals surface area contributed by atoms with Gasteiger partial charge in [0, 0.05) is 17.7 Å². The van der Waals surface area contributed by atoms with E-state index in [4.69, 9.17) is 5.73 Å². The molecular weight excluding hydrogens is 255 g/mol. The van der Waals surface area contributed by atoms with E-state index in [2.05, 4.69) is 5.10 Å². The van der Waals surface area contributed by atoms with Gasteiger partial charge < -0.3 is 5.73 Å². The highest BCUT2D eigenvalue weighted by Gasteiger charge is 2.21. The average Bonchev–Trinajstić information content (AvgIpc) is 2.73. The number of fused-ring (bicyclic) bond motifs is 1. The third-order valence-electron chi connectivity index (χ3n) is 3.41. The van der Waals surface area contributed by atoms with E-state index in [1.54, 1.807) is 0 Å². The number of aromatic nitrogens is 2. The first-order valence-electron chi connectivity index (χ1n) is 6.09. The first-order valence-corrected chi connectivity index (χ1v) is 6.09. The third-order valence-corrected chi connectivity index (χ3v) is 3.41. The largest absolute Gasteiger partial charge is 0.383 e. The summed E-state index contributed by atoms with van der Waals surface area (Å²) in [4.78, 5) is 0. The third kappa shape index (κ3) is 1.87. The zero-order chi connectivity index (χ0) is 13.6. The van der Waals surface area contributed by atoms with E-state index < -0.39 is 17.5 Å². The lowest BCUT2D eigenvalue weighted by Crippen LogP contribution is -2.05. The minimum Gasteiger partial charge on any atom is -0.383 e. The van der Waals surface area contributed by atoms with Gasteiger partial charge in [0.2, 0.25) is 0 Å². The van der Waals surface area contributed by atoms with Gasteiger partial charge in [-0.1, -0.05) is 0 Å². The fourth-order valence-electron chi connectivity index (χ4n) is 2.44. The number of benzene rings is 1. The molecule has 0 spiro atoms. The lowest BCUT2D eigenvalue weighted by molar-refractivity contribution is 0.446. The minimum atomic E-state index is -1.49. The van der Waals surface area contributed by atoms with Crippen LogP contribution >= 0.6 is 0 Å². The van der Waals surface area contributed by atoms with Crippen LogP contribution in [0.15, 0.2) is 12.1 Å². The van der Waals surface area contributed by atoms with Crippen molar-refractivity contribution in [3.05, 3.63) is 40.8 Å². The Labute approximate surface area is 107 Å². The normalized spacial score (nSPS) is 14.5. The summed E-state index contributed by atoms with van der Waals surface area (Å²) < 4.78 is 40.7. The lowest BCUT2D eigenvalue weighted by atomic mass is 9.98. The molecule has 1 heterocycles. The summed E-state index contributed by atoms with van der Waals surface area (Å²) in [6.45, 7) is 0. The van der Waals surface area contributed by atoms with Crippen LogP contribution in [-0.2, 0) is 12.8 Å². The Morgan fingerprint density at radius 3 is 2.32 bits per heavy atom. The van der Waals surface area contributed by atoms with E-state index in [1.165, 1.54) is 4.68 Å². The fourth-order valence-corrected chi connectivity index (χ4v) is 2.44. The smallest absolute Gasteiger partial charge is 0.194 e. The van der Waals surface area contributed by atoms with Crippen LogP contribution in [0.1, 0.15) is 24.1 Å². The minimum absolute atomic E-state index is 0.100. The maximum Gasteiger partial charge on any atom is 0.194 e. The Morgan fingerprint density at radius 2 is 1.68 bits per heavy atom. The highest BCUT2D eigenvalue weighted by atomic mass is 19.2. The molecule has 0 atom stereocenters. The number of rotatable bonds is 1. The van der Waals surface area contributed by atoms with Gasteiger partial charge in [0.1, 0.15) is 5.82 Å². The van der Waals surface area contributed by atoms with Crippen molar-refractivity contribution in [1.29, 1.82) is 0 Å². The van der Waals surface area contributed by atoms with Crippen LogP contribution in [0.3, 0.4) is 0 Å². The number of hydrogen-bond acceptors (Lipinski definition) is 2. The number of halogens is 3. The summed E-state index contributed by atoms with van der Waals surface area (Å²) >= 11 is 0. The molecule has 2 N–H and O–H groups in total. The molecule has 1 aliphatic carbocycles.